The fraction of sp³-hybridized carbons (Fsp3) is 0. The first-order valence-electron chi connectivity index (χ1n) is 22.3. The number of fused-ring (bicyclic) bond motifs is 12. The highest BCUT2D eigenvalue weighted by molar-refractivity contribution is 6.18. The topological polar surface area (TPSA) is 47.3 Å². The van der Waals surface area contributed by atoms with Crippen LogP contribution in [0.25, 0.3) is 115 Å². The number of aromatic nitrogens is 2. The van der Waals surface area contributed by atoms with Crippen LogP contribution in [0, 0.1) is 0 Å². The van der Waals surface area contributed by atoms with E-state index >= 15 is 0 Å². The molecule has 0 saturated carbocycles. The molecule has 11 aromatic carbocycles. The molecule has 0 aliphatic heterocycles. The summed E-state index contributed by atoms with van der Waals surface area (Å²) in [6.07, 6.45) is 0. The normalized spacial score (nSPS) is 11.9. The molecule has 5 nitrogen and oxygen atoms in total. The Morgan fingerprint density at radius 3 is 1.89 bits per heavy atom. The van der Waals surface area contributed by atoms with Crippen LogP contribution in [0.1, 0.15) is 0 Å². The monoisotopic (exact) mass is 843 g/mol. The Morgan fingerprint density at radius 2 is 1.00 bits per heavy atom. The van der Waals surface area contributed by atoms with Crippen molar-refractivity contribution >= 4 is 104 Å². The van der Waals surface area contributed by atoms with Crippen molar-refractivity contribution in [2.24, 2.45) is 0 Å². The van der Waals surface area contributed by atoms with Crippen LogP contribution in [0.2, 0.25) is 0 Å². The van der Waals surface area contributed by atoms with E-state index in [0.29, 0.717) is 5.89 Å². The van der Waals surface area contributed by atoms with Crippen LogP contribution in [-0.2, 0) is 0 Å². The average Bonchev–Trinajstić information content (AvgIpc) is 4.08. The van der Waals surface area contributed by atoms with E-state index in [9.17, 15) is 0 Å². The van der Waals surface area contributed by atoms with E-state index in [-0.39, 0.29) is 0 Å². The number of nitrogens with zero attached hydrogens (tertiary/aromatic N) is 3. The molecule has 3 aromatic heterocycles. The zero-order chi connectivity index (χ0) is 43.3. The third kappa shape index (κ3) is 5.63. The smallest absolute Gasteiger partial charge is 0.227 e. The molecule has 0 aliphatic carbocycles. The van der Waals surface area contributed by atoms with Crippen molar-refractivity contribution in [2.45, 2.75) is 0 Å². The number of benzene rings is 11. The minimum atomic E-state index is 0.627. The molecule has 14 rings (SSSR count). The van der Waals surface area contributed by atoms with Gasteiger partial charge >= 0.3 is 0 Å². The Hall–Kier alpha value is -8.93. The number of anilines is 3. The van der Waals surface area contributed by atoms with Crippen LogP contribution in [0.5, 0.6) is 0 Å². The molecule has 0 N–H and O–H groups in total. The molecule has 0 unspecified atom stereocenters. The van der Waals surface area contributed by atoms with Crippen LogP contribution >= 0.6 is 0 Å². The van der Waals surface area contributed by atoms with E-state index in [0.717, 1.165) is 88.6 Å². The quantitative estimate of drug-likeness (QED) is 0.156. The van der Waals surface area contributed by atoms with Crippen LogP contribution in [0.4, 0.5) is 17.1 Å². The Balaban J connectivity index is 0.893. The van der Waals surface area contributed by atoms with Crippen molar-refractivity contribution in [1.29, 1.82) is 0 Å². The van der Waals surface area contributed by atoms with Gasteiger partial charge in [0.1, 0.15) is 16.7 Å². The molecule has 0 atom stereocenters. The van der Waals surface area contributed by atoms with Gasteiger partial charge in [-0.1, -0.05) is 133 Å². The van der Waals surface area contributed by atoms with E-state index in [2.05, 4.69) is 222 Å². The van der Waals surface area contributed by atoms with Gasteiger partial charge in [0.2, 0.25) is 5.89 Å². The summed E-state index contributed by atoms with van der Waals surface area (Å²) in [6.45, 7) is 0. The predicted octanol–water partition coefficient (Wildman–Crippen LogP) is 17.1. The van der Waals surface area contributed by atoms with Gasteiger partial charge in [0.25, 0.3) is 0 Å². The lowest BCUT2D eigenvalue weighted by Gasteiger charge is -2.26. The summed E-state index contributed by atoms with van der Waals surface area (Å²) in [6, 6.07) is 80.0. The van der Waals surface area contributed by atoms with Gasteiger partial charge in [-0.2, -0.15) is 0 Å². The van der Waals surface area contributed by atoms with Gasteiger partial charge in [0.15, 0.2) is 5.58 Å². The zero-order valence-electron chi connectivity index (χ0n) is 35.5. The van der Waals surface area contributed by atoms with Gasteiger partial charge < -0.3 is 18.3 Å². The van der Waals surface area contributed by atoms with Crippen LogP contribution in [0.15, 0.2) is 233 Å². The lowest BCUT2D eigenvalue weighted by molar-refractivity contribution is 0.623. The summed E-state index contributed by atoms with van der Waals surface area (Å²) in [7, 11) is 0. The van der Waals surface area contributed by atoms with Crippen molar-refractivity contribution < 1.29 is 8.83 Å². The highest BCUT2D eigenvalue weighted by atomic mass is 16.3. The van der Waals surface area contributed by atoms with Gasteiger partial charge in [0.05, 0.1) is 11.0 Å². The van der Waals surface area contributed by atoms with Crippen molar-refractivity contribution in [1.82, 2.24) is 9.55 Å². The molecular weight excluding hydrogens is 807 g/mol. The lowest BCUT2D eigenvalue weighted by Crippen LogP contribution is -2.10. The molecule has 5 heteroatoms. The molecule has 3 heterocycles. The number of hydrogen-bond donors (Lipinski definition) is 0. The number of oxazole rings is 1. The van der Waals surface area contributed by atoms with Crippen molar-refractivity contribution in [3.8, 4) is 28.3 Å². The molecule has 0 radical (unpaired) electrons. The second kappa shape index (κ2) is 14.3. The maximum Gasteiger partial charge on any atom is 0.227 e. The number of furan rings is 1. The van der Waals surface area contributed by atoms with E-state index in [1.165, 1.54) is 38.0 Å². The van der Waals surface area contributed by atoms with Crippen LogP contribution < -0.4 is 4.90 Å². The van der Waals surface area contributed by atoms with Gasteiger partial charge in [-0.25, -0.2) is 4.98 Å². The van der Waals surface area contributed by atoms with Gasteiger partial charge in [-0.05, 0) is 123 Å². The molecule has 0 amide bonds. The highest BCUT2D eigenvalue weighted by Gasteiger charge is 2.20. The summed E-state index contributed by atoms with van der Waals surface area (Å²) >= 11 is 0. The summed E-state index contributed by atoms with van der Waals surface area (Å²) in [4.78, 5) is 7.28. The maximum absolute atomic E-state index is 6.57. The Morgan fingerprint density at radius 1 is 0.364 bits per heavy atom. The van der Waals surface area contributed by atoms with Crippen molar-refractivity contribution in [3.63, 3.8) is 0 Å². The van der Waals surface area contributed by atoms with Crippen molar-refractivity contribution in [2.75, 3.05) is 4.90 Å². The first kappa shape index (κ1) is 36.5. The van der Waals surface area contributed by atoms with Gasteiger partial charge in [0, 0.05) is 61.3 Å². The largest absolute Gasteiger partial charge is 0.456 e. The van der Waals surface area contributed by atoms with E-state index < -0.39 is 0 Å². The van der Waals surface area contributed by atoms with E-state index in [1.54, 1.807) is 0 Å². The van der Waals surface area contributed by atoms with E-state index in [4.69, 9.17) is 13.8 Å². The minimum absolute atomic E-state index is 0.627. The number of rotatable bonds is 6. The first-order valence-corrected chi connectivity index (χ1v) is 22.3. The SMILES string of the molecule is c1ccc(-n2c3ccccc3c3ccc(N(c4ccc(-c5cccc6c5ccc5c6ccc6nc(-c7ccc8ccccc8c7)oc65)cc4)c4ccc5c(c4)oc4ccccc45)cc32)cc1. The zero-order valence-corrected chi connectivity index (χ0v) is 35.5. The molecule has 308 valence electrons. The molecule has 0 bridgehead atoms. The fourth-order valence-corrected chi connectivity index (χ4v) is 10.3. The van der Waals surface area contributed by atoms with Gasteiger partial charge in [-0.3, -0.25) is 0 Å². The Kier molecular flexibility index (Phi) is 7.91. The molecule has 14 aromatic rings. The molecule has 0 spiro atoms. The lowest BCUT2D eigenvalue weighted by atomic mass is 9.94. The summed E-state index contributed by atoms with van der Waals surface area (Å²) in [5, 5.41) is 11.5. The summed E-state index contributed by atoms with van der Waals surface area (Å²) < 4.78 is 15.4. The third-order valence-corrected chi connectivity index (χ3v) is 13.4. The van der Waals surface area contributed by atoms with Gasteiger partial charge in [-0.15, -0.1) is 0 Å². The molecular formula is C61H37N3O2. The molecule has 0 saturated heterocycles. The number of para-hydroxylation sites is 3. The summed E-state index contributed by atoms with van der Waals surface area (Å²) in [5.74, 6) is 0.627. The average molecular weight is 844 g/mol. The highest BCUT2D eigenvalue weighted by Crippen LogP contribution is 2.43. The Labute approximate surface area is 378 Å². The predicted molar refractivity (Wildman–Crippen MR) is 274 cm³/mol. The fourth-order valence-electron chi connectivity index (χ4n) is 10.3. The second-order valence-corrected chi connectivity index (χ2v) is 17.1. The molecule has 66 heavy (non-hydrogen) atoms. The molecule has 0 aliphatic rings. The molecule has 0 fully saturated rings. The van der Waals surface area contributed by atoms with Crippen LogP contribution in [-0.4, -0.2) is 9.55 Å². The maximum atomic E-state index is 6.57. The Bertz CT molecular complexity index is 4240. The minimum Gasteiger partial charge on any atom is -0.456 e. The third-order valence-electron chi connectivity index (χ3n) is 13.4. The second-order valence-electron chi connectivity index (χ2n) is 17.1. The van der Waals surface area contributed by atoms with Crippen molar-refractivity contribution in [3.05, 3.63) is 224 Å². The number of hydrogen-bond acceptors (Lipinski definition) is 4. The van der Waals surface area contributed by atoms with Crippen LogP contribution in [0.3, 0.4) is 0 Å². The first-order chi connectivity index (χ1) is 32.7. The standard InChI is InChI=1S/C61H37N3O2/c1-2-13-42(14-3-1)64-56-19-8-6-15-50(56)51-29-27-44(36-57(51)64)63(45-28-30-53-52-16-7-9-20-58(52)65-59(53)37-45)43-25-23-39(24-26-43)46-17-10-18-47-48(46)31-32-54-49(47)33-34-55-60(54)66-61(62-55)41-22-21-38-11-4-5-12-40(38)35-41/h1-37H. The van der Waals surface area contributed by atoms with E-state index in [1.807, 2.05) is 12.1 Å². The summed E-state index contributed by atoms with van der Waals surface area (Å²) in [5.41, 5.74) is 13.2.